The van der Waals surface area contributed by atoms with Crippen LogP contribution in [0.4, 0.5) is 5.69 Å². The van der Waals surface area contributed by atoms with Gasteiger partial charge in [0, 0.05) is 11.7 Å². The molecule has 104 valence electrons. The van der Waals surface area contributed by atoms with E-state index in [-0.39, 0.29) is 6.54 Å². The molecule has 1 N–H and O–H groups in total. The Hall–Kier alpha value is -1.51. The topological polar surface area (TPSA) is 40.5 Å². The molecule has 1 saturated carbocycles. The minimum absolute atomic E-state index is 0.0914. The van der Waals surface area contributed by atoms with Gasteiger partial charge in [0.1, 0.15) is 6.54 Å². The standard InChI is InChI=1S/C16H23NO2/c1-12-8-13(2)10-15(9-12)17(11-16(18)19)14-6-4-3-5-7-14/h3-7,12-13,15H,8-11H2,1-2H3,(H,18,19). The van der Waals surface area contributed by atoms with Gasteiger partial charge in [-0.25, -0.2) is 0 Å². The van der Waals surface area contributed by atoms with Crippen LogP contribution < -0.4 is 4.90 Å². The number of para-hydroxylation sites is 1. The molecule has 0 radical (unpaired) electrons. The molecule has 1 aromatic rings. The van der Waals surface area contributed by atoms with E-state index in [9.17, 15) is 4.79 Å². The summed E-state index contributed by atoms with van der Waals surface area (Å²) in [5, 5.41) is 9.17. The van der Waals surface area contributed by atoms with Crippen LogP contribution >= 0.6 is 0 Å². The highest BCUT2D eigenvalue weighted by Crippen LogP contribution is 2.33. The zero-order valence-corrected chi connectivity index (χ0v) is 11.7. The largest absolute Gasteiger partial charge is 0.480 e. The lowest BCUT2D eigenvalue weighted by molar-refractivity contribution is -0.135. The van der Waals surface area contributed by atoms with Gasteiger partial charge in [0.2, 0.25) is 0 Å². The highest BCUT2D eigenvalue weighted by molar-refractivity contribution is 5.74. The first kappa shape index (κ1) is 13.9. The minimum Gasteiger partial charge on any atom is -0.480 e. The first-order valence-corrected chi connectivity index (χ1v) is 7.09. The number of anilines is 1. The minimum atomic E-state index is -0.755. The van der Waals surface area contributed by atoms with Crippen LogP contribution in [0.2, 0.25) is 0 Å². The molecule has 3 nitrogen and oxygen atoms in total. The number of benzene rings is 1. The molecule has 0 heterocycles. The number of carbonyl (C=O) groups is 1. The van der Waals surface area contributed by atoms with Crippen molar-refractivity contribution in [2.75, 3.05) is 11.4 Å². The van der Waals surface area contributed by atoms with Crippen LogP contribution in [-0.4, -0.2) is 23.7 Å². The van der Waals surface area contributed by atoms with Crippen LogP contribution in [-0.2, 0) is 4.79 Å². The van der Waals surface area contributed by atoms with Crippen molar-refractivity contribution in [1.82, 2.24) is 0 Å². The molecule has 2 atom stereocenters. The van der Waals surface area contributed by atoms with Gasteiger partial charge in [-0.05, 0) is 43.2 Å². The van der Waals surface area contributed by atoms with Crippen molar-refractivity contribution in [1.29, 1.82) is 0 Å². The third-order valence-electron chi connectivity index (χ3n) is 3.99. The molecule has 0 saturated heterocycles. The lowest BCUT2D eigenvalue weighted by Gasteiger charge is -2.39. The maximum atomic E-state index is 11.1. The quantitative estimate of drug-likeness (QED) is 0.903. The summed E-state index contributed by atoms with van der Waals surface area (Å²) in [6.07, 6.45) is 3.44. The molecular weight excluding hydrogens is 238 g/mol. The van der Waals surface area contributed by atoms with Gasteiger partial charge < -0.3 is 10.0 Å². The van der Waals surface area contributed by atoms with E-state index in [0.29, 0.717) is 17.9 Å². The van der Waals surface area contributed by atoms with E-state index in [0.717, 1.165) is 18.5 Å². The van der Waals surface area contributed by atoms with E-state index in [1.807, 2.05) is 30.3 Å². The molecule has 1 aliphatic carbocycles. The average Bonchev–Trinajstić information content (AvgIpc) is 2.35. The predicted octanol–water partition coefficient (Wildman–Crippen LogP) is 3.40. The fraction of sp³-hybridized carbons (Fsp3) is 0.562. The molecule has 3 heteroatoms. The van der Waals surface area contributed by atoms with Crippen molar-refractivity contribution in [3.8, 4) is 0 Å². The molecule has 0 bridgehead atoms. The lowest BCUT2D eigenvalue weighted by Crippen LogP contribution is -2.43. The fourth-order valence-corrected chi connectivity index (χ4v) is 3.36. The third-order valence-corrected chi connectivity index (χ3v) is 3.99. The number of hydrogen-bond acceptors (Lipinski definition) is 2. The summed E-state index contributed by atoms with van der Waals surface area (Å²) in [5.74, 6) is 0.595. The normalized spacial score (nSPS) is 26.9. The first-order valence-electron chi connectivity index (χ1n) is 7.09. The van der Waals surface area contributed by atoms with Gasteiger partial charge in [0.25, 0.3) is 0 Å². The van der Waals surface area contributed by atoms with Crippen LogP contribution in [0.1, 0.15) is 33.1 Å². The van der Waals surface area contributed by atoms with Crippen LogP contribution in [0, 0.1) is 11.8 Å². The Morgan fingerprint density at radius 2 is 1.74 bits per heavy atom. The van der Waals surface area contributed by atoms with Crippen molar-refractivity contribution in [2.45, 2.75) is 39.2 Å². The highest BCUT2D eigenvalue weighted by atomic mass is 16.4. The third kappa shape index (κ3) is 3.72. The molecule has 0 aliphatic heterocycles. The molecule has 1 aromatic carbocycles. The molecular formula is C16H23NO2. The number of hydrogen-bond donors (Lipinski definition) is 1. The molecule has 0 spiro atoms. The van der Waals surface area contributed by atoms with Crippen molar-refractivity contribution in [2.24, 2.45) is 11.8 Å². The molecule has 1 aliphatic rings. The molecule has 2 unspecified atom stereocenters. The van der Waals surface area contributed by atoms with E-state index < -0.39 is 5.97 Å². The Morgan fingerprint density at radius 3 is 2.26 bits per heavy atom. The fourth-order valence-electron chi connectivity index (χ4n) is 3.36. The summed E-state index contributed by atoms with van der Waals surface area (Å²) in [5.41, 5.74) is 1.02. The monoisotopic (exact) mass is 261 g/mol. The van der Waals surface area contributed by atoms with Crippen molar-refractivity contribution in [3.05, 3.63) is 30.3 Å². The number of nitrogens with zero attached hydrogens (tertiary/aromatic N) is 1. The Morgan fingerprint density at radius 1 is 1.16 bits per heavy atom. The van der Waals surface area contributed by atoms with Crippen LogP contribution in [0.3, 0.4) is 0 Å². The summed E-state index contributed by atoms with van der Waals surface area (Å²) in [4.78, 5) is 13.2. The second kappa shape index (κ2) is 6.09. The summed E-state index contributed by atoms with van der Waals surface area (Å²) >= 11 is 0. The van der Waals surface area contributed by atoms with Gasteiger partial charge in [-0.15, -0.1) is 0 Å². The number of aliphatic carboxylic acids is 1. The van der Waals surface area contributed by atoms with Crippen molar-refractivity contribution < 1.29 is 9.90 Å². The van der Waals surface area contributed by atoms with Gasteiger partial charge in [-0.1, -0.05) is 32.0 Å². The lowest BCUT2D eigenvalue weighted by atomic mass is 9.79. The Kier molecular flexibility index (Phi) is 4.46. The van der Waals surface area contributed by atoms with Gasteiger partial charge in [0.05, 0.1) is 0 Å². The van der Waals surface area contributed by atoms with Crippen LogP contribution in [0.25, 0.3) is 0 Å². The maximum Gasteiger partial charge on any atom is 0.323 e. The molecule has 2 rings (SSSR count). The summed E-state index contributed by atoms with van der Waals surface area (Å²) < 4.78 is 0. The van der Waals surface area contributed by atoms with Gasteiger partial charge in [-0.3, -0.25) is 4.79 Å². The zero-order chi connectivity index (χ0) is 13.8. The van der Waals surface area contributed by atoms with Gasteiger partial charge >= 0.3 is 5.97 Å². The number of carboxylic acids is 1. The van der Waals surface area contributed by atoms with E-state index in [1.54, 1.807) is 0 Å². The van der Waals surface area contributed by atoms with E-state index in [2.05, 4.69) is 18.7 Å². The molecule has 1 fully saturated rings. The Balaban J connectivity index is 2.20. The second-order valence-electron chi connectivity index (χ2n) is 5.93. The van der Waals surface area contributed by atoms with Gasteiger partial charge in [0.15, 0.2) is 0 Å². The van der Waals surface area contributed by atoms with Gasteiger partial charge in [-0.2, -0.15) is 0 Å². The SMILES string of the molecule is CC1CC(C)CC(N(CC(=O)O)c2ccccc2)C1. The van der Waals surface area contributed by atoms with E-state index in [4.69, 9.17) is 5.11 Å². The first-order chi connectivity index (χ1) is 9.06. The Labute approximate surface area is 115 Å². The number of carboxylic acid groups (broad SMARTS) is 1. The molecule has 0 amide bonds. The highest BCUT2D eigenvalue weighted by Gasteiger charge is 2.29. The second-order valence-corrected chi connectivity index (χ2v) is 5.93. The van der Waals surface area contributed by atoms with E-state index >= 15 is 0 Å². The van der Waals surface area contributed by atoms with E-state index in [1.165, 1.54) is 6.42 Å². The van der Waals surface area contributed by atoms with Crippen LogP contribution in [0.5, 0.6) is 0 Å². The zero-order valence-electron chi connectivity index (χ0n) is 11.7. The molecule has 19 heavy (non-hydrogen) atoms. The summed E-state index contributed by atoms with van der Waals surface area (Å²) in [6, 6.07) is 10.3. The van der Waals surface area contributed by atoms with Crippen molar-refractivity contribution >= 4 is 11.7 Å². The number of rotatable bonds is 4. The van der Waals surface area contributed by atoms with Crippen molar-refractivity contribution in [3.63, 3.8) is 0 Å². The summed E-state index contributed by atoms with van der Waals surface area (Å²) in [7, 11) is 0. The molecule has 0 aromatic heterocycles. The summed E-state index contributed by atoms with van der Waals surface area (Å²) in [6.45, 7) is 4.63. The predicted molar refractivity (Wildman–Crippen MR) is 77.4 cm³/mol. The maximum absolute atomic E-state index is 11.1. The average molecular weight is 261 g/mol. The Bertz CT molecular complexity index is 408. The smallest absolute Gasteiger partial charge is 0.323 e. The van der Waals surface area contributed by atoms with Crippen LogP contribution in [0.15, 0.2) is 30.3 Å².